The summed E-state index contributed by atoms with van der Waals surface area (Å²) in [5.74, 6) is -1.59. The van der Waals surface area contributed by atoms with Gasteiger partial charge in [-0.2, -0.15) is 5.26 Å². The fraction of sp³-hybridized carbons (Fsp3) is 0.0714. The van der Waals surface area contributed by atoms with Crippen molar-refractivity contribution in [1.82, 2.24) is 0 Å². The molecule has 1 N–H and O–H groups in total. The second-order valence-corrected chi connectivity index (χ2v) is 4.87. The summed E-state index contributed by atoms with van der Waals surface area (Å²) in [6.45, 7) is 1.88. The van der Waals surface area contributed by atoms with Gasteiger partial charge in [0.25, 0.3) is 0 Å². The molecule has 2 aromatic carbocycles. The van der Waals surface area contributed by atoms with Crippen LogP contribution >= 0.6 is 15.9 Å². The number of anilines is 2. The van der Waals surface area contributed by atoms with Gasteiger partial charge in [-0.15, -0.1) is 0 Å². The summed E-state index contributed by atoms with van der Waals surface area (Å²) in [5.41, 5.74) is 1.20. The van der Waals surface area contributed by atoms with E-state index in [1.165, 1.54) is 0 Å². The van der Waals surface area contributed by atoms with Crippen LogP contribution in [0.2, 0.25) is 0 Å². The molecule has 2 aromatic rings. The highest BCUT2D eigenvalue weighted by Gasteiger charge is 2.11. The van der Waals surface area contributed by atoms with Gasteiger partial charge >= 0.3 is 0 Å². The van der Waals surface area contributed by atoms with Crippen molar-refractivity contribution >= 4 is 27.3 Å². The van der Waals surface area contributed by atoms with E-state index in [-0.39, 0.29) is 11.3 Å². The lowest BCUT2D eigenvalue weighted by Gasteiger charge is -2.10. The SMILES string of the molecule is Cc1cc(Nc2c(F)cc(C#N)cc2F)ccc1Br. The van der Waals surface area contributed by atoms with E-state index in [1.807, 2.05) is 6.92 Å². The molecule has 0 aliphatic rings. The maximum atomic E-state index is 13.7. The largest absolute Gasteiger partial charge is 0.351 e. The number of rotatable bonds is 2. The Hall–Kier alpha value is -1.93. The van der Waals surface area contributed by atoms with Crippen molar-refractivity contribution in [3.05, 3.63) is 57.6 Å². The molecule has 0 heterocycles. The number of nitrogens with zero attached hydrogens (tertiary/aromatic N) is 1. The Bertz CT molecular complexity index is 655. The fourth-order valence-electron chi connectivity index (χ4n) is 1.62. The third kappa shape index (κ3) is 2.91. The second kappa shape index (κ2) is 5.37. The molecule has 2 rings (SSSR count). The van der Waals surface area contributed by atoms with Crippen LogP contribution in [-0.4, -0.2) is 0 Å². The van der Waals surface area contributed by atoms with Crippen LogP contribution in [0.3, 0.4) is 0 Å². The molecule has 0 aliphatic carbocycles. The van der Waals surface area contributed by atoms with Crippen molar-refractivity contribution in [3.8, 4) is 6.07 Å². The number of halogens is 3. The van der Waals surface area contributed by atoms with Crippen molar-refractivity contribution in [3.63, 3.8) is 0 Å². The summed E-state index contributed by atoms with van der Waals surface area (Å²) in [7, 11) is 0. The molecule has 0 aliphatic heterocycles. The monoisotopic (exact) mass is 322 g/mol. The van der Waals surface area contributed by atoms with Gasteiger partial charge in [-0.05, 0) is 42.8 Å². The zero-order chi connectivity index (χ0) is 14.0. The molecule has 19 heavy (non-hydrogen) atoms. The first-order valence-electron chi connectivity index (χ1n) is 5.43. The predicted octanol–water partition coefficient (Wildman–Crippen LogP) is 4.65. The molecule has 5 heteroatoms. The first-order valence-corrected chi connectivity index (χ1v) is 6.23. The van der Waals surface area contributed by atoms with Crippen molar-refractivity contribution < 1.29 is 8.78 Å². The van der Waals surface area contributed by atoms with Crippen molar-refractivity contribution in [2.24, 2.45) is 0 Å². The topological polar surface area (TPSA) is 35.8 Å². The van der Waals surface area contributed by atoms with Gasteiger partial charge in [0.05, 0.1) is 11.6 Å². The zero-order valence-corrected chi connectivity index (χ0v) is 11.6. The van der Waals surface area contributed by atoms with E-state index in [0.717, 1.165) is 22.2 Å². The molecule has 0 amide bonds. The molecule has 0 saturated heterocycles. The average molecular weight is 323 g/mol. The number of hydrogen-bond acceptors (Lipinski definition) is 2. The average Bonchev–Trinajstić information content (AvgIpc) is 2.37. The van der Waals surface area contributed by atoms with Gasteiger partial charge in [0, 0.05) is 10.2 Å². The predicted molar refractivity (Wildman–Crippen MR) is 73.2 cm³/mol. The molecule has 0 saturated carbocycles. The summed E-state index contributed by atoms with van der Waals surface area (Å²) in [6.07, 6.45) is 0. The maximum Gasteiger partial charge on any atom is 0.150 e. The third-order valence-corrected chi connectivity index (χ3v) is 3.49. The Morgan fingerprint density at radius 2 is 1.79 bits per heavy atom. The van der Waals surface area contributed by atoms with E-state index in [1.54, 1.807) is 24.3 Å². The highest BCUT2D eigenvalue weighted by Crippen LogP contribution is 2.27. The molecule has 0 unspecified atom stereocenters. The van der Waals surface area contributed by atoms with E-state index >= 15 is 0 Å². The maximum absolute atomic E-state index is 13.7. The number of nitrogens with one attached hydrogen (secondary N) is 1. The quantitative estimate of drug-likeness (QED) is 0.873. The van der Waals surface area contributed by atoms with E-state index in [4.69, 9.17) is 5.26 Å². The Balaban J connectivity index is 2.38. The summed E-state index contributed by atoms with van der Waals surface area (Å²) in [5, 5.41) is 11.3. The number of nitriles is 1. The van der Waals surface area contributed by atoms with Gasteiger partial charge in [0.15, 0.2) is 11.6 Å². The molecule has 96 valence electrons. The number of benzene rings is 2. The van der Waals surface area contributed by atoms with Crippen LogP contribution in [-0.2, 0) is 0 Å². The Labute approximate surface area is 117 Å². The summed E-state index contributed by atoms with van der Waals surface area (Å²) < 4.78 is 28.3. The lowest BCUT2D eigenvalue weighted by atomic mass is 10.1. The Morgan fingerprint density at radius 3 is 2.32 bits per heavy atom. The van der Waals surface area contributed by atoms with Crippen LogP contribution in [0.1, 0.15) is 11.1 Å². The smallest absolute Gasteiger partial charge is 0.150 e. The normalized spacial score (nSPS) is 10.1. The van der Waals surface area contributed by atoms with Crippen molar-refractivity contribution in [1.29, 1.82) is 5.26 Å². The lowest BCUT2D eigenvalue weighted by Crippen LogP contribution is -1.99. The van der Waals surface area contributed by atoms with Gasteiger partial charge in [0.2, 0.25) is 0 Å². The second-order valence-electron chi connectivity index (χ2n) is 4.02. The van der Waals surface area contributed by atoms with Crippen LogP contribution in [0.5, 0.6) is 0 Å². The standard InChI is InChI=1S/C14H9BrF2N2/c1-8-4-10(2-3-11(8)15)19-14-12(16)5-9(7-18)6-13(14)17/h2-6,19H,1H3. The molecule has 0 bridgehead atoms. The summed E-state index contributed by atoms with van der Waals surface area (Å²) in [6, 6.07) is 8.95. The van der Waals surface area contributed by atoms with Crippen LogP contribution in [0.4, 0.5) is 20.2 Å². The van der Waals surface area contributed by atoms with Crippen LogP contribution in [0.25, 0.3) is 0 Å². The van der Waals surface area contributed by atoms with Crippen molar-refractivity contribution in [2.75, 3.05) is 5.32 Å². The zero-order valence-electron chi connectivity index (χ0n) is 9.97. The summed E-state index contributed by atoms with van der Waals surface area (Å²) in [4.78, 5) is 0. The molecule has 0 aromatic heterocycles. The minimum atomic E-state index is -0.794. The molecular formula is C14H9BrF2N2. The van der Waals surface area contributed by atoms with Gasteiger partial charge in [-0.3, -0.25) is 0 Å². The molecule has 0 spiro atoms. The highest BCUT2D eigenvalue weighted by atomic mass is 79.9. The first kappa shape index (κ1) is 13.5. The number of hydrogen-bond donors (Lipinski definition) is 1. The van der Waals surface area contributed by atoms with Crippen LogP contribution in [0, 0.1) is 29.9 Å². The van der Waals surface area contributed by atoms with E-state index in [2.05, 4.69) is 21.2 Å². The third-order valence-electron chi connectivity index (χ3n) is 2.60. The fourth-order valence-corrected chi connectivity index (χ4v) is 1.87. The number of aryl methyl sites for hydroxylation is 1. The molecule has 0 fully saturated rings. The minimum absolute atomic E-state index is 0.0486. The first-order chi connectivity index (χ1) is 9.01. The molecule has 0 atom stereocenters. The van der Waals surface area contributed by atoms with Gasteiger partial charge in [-0.25, -0.2) is 8.78 Å². The lowest BCUT2D eigenvalue weighted by molar-refractivity contribution is 0.590. The van der Waals surface area contributed by atoms with Crippen LogP contribution in [0.15, 0.2) is 34.8 Å². The molecule has 0 radical (unpaired) electrons. The van der Waals surface area contributed by atoms with E-state index < -0.39 is 11.6 Å². The highest BCUT2D eigenvalue weighted by molar-refractivity contribution is 9.10. The van der Waals surface area contributed by atoms with Crippen LogP contribution < -0.4 is 5.32 Å². The van der Waals surface area contributed by atoms with E-state index in [9.17, 15) is 8.78 Å². The summed E-state index contributed by atoms with van der Waals surface area (Å²) >= 11 is 3.35. The Morgan fingerprint density at radius 1 is 1.16 bits per heavy atom. The van der Waals surface area contributed by atoms with Gasteiger partial charge in [-0.1, -0.05) is 15.9 Å². The van der Waals surface area contributed by atoms with E-state index in [0.29, 0.717) is 5.69 Å². The minimum Gasteiger partial charge on any atom is -0.351 e. The van der Waals surface area contributed by atoms with Gasteiger partial charge in [0.1, 0.15) is 5.69 Å². The Kier molecular flexibility index (Phi) is 3.82. The van der Waals surface area contributed by atoms with Gasteiger partial charge < -0.3 is 5.32 Å². The molecule has 2 nitrogen and oxygen atoms in total. The van der Waals surface area contributed by atoms with Crippen molar-refractivity contribution in [2.45, 2.75) is 6.92 Å². The molecular weight excluding hydrogens is 314 g/mol.